The van der Waals surface area contributed by atoms with Gasteiger partial charge in [0.15, 0.2) is 17.8 Å². The van der Waals surface area contributed by atoms with E-state index in [1.54, 1.807) is 40.9 Å². The van der Waals surface area contributed by atoms with Crippen molar-refractivity contribution in [1.82, 2.24) is 14.4 Å². The smallest absolute Gasteiger partial charge is 0.272 e. The second kappa shape index (κ2) is 16.6. The molecule has 0 aliphatic carbocycles. The number of hydrogen-bond donors (Lipinski definition) is 2. The summed E-state index contributed by atoms with van der Waals surface area (Å²) >= 11 is 1.44. The molecule has 264 valence electrons. The number of nitrogens with one attached hydrogen (secondary N) is 2. The molecule has 1 atom stereocenters. The molecule has 3 heterocycles. The first kappa shape index (κ1) is 36.3. The Morgan fingerprint density at radius 2 is 1.84 bits per heavy atom. The number of nitrogens with zero attached hydrogens (tertiary/aromatic N) is 4. The number of ether oxygens (including phenoxy) is 2. The number of aryl methyl sites for hydroxylation is 1. The lowest BCUT2D eigenvalue weighted by molar-refractivity contribution is -0.116. The van der Waals surface area contributed by atoms with E-state index in [1.165, 1.54) is 18.4 Å². The van der Waals surface area contributed by atoms with E-state index in [1.807, 2.05) is 44.3 Å². The van der Waals surface area contributed by atoms with Crippen LogP contribution in [0, 0.1) is 0 Å². The predicted octanol–water partition coefficient (Wildman–Crippen LogP) is 6.39. The Labute approximate surface area is 296 Å². The van der Waals surface area contributed by atoms with Gasteiger partial charge in [-0.15, -0.1) is 11.3 Å². The van der Waals surface area contributed by atoms with Gasteiger partial charge in [0, 0.05) is 67.0 Å². The number of rotatable bonds is 15. The maximum atomic E-state index is 13.2. The number of amides is 3. The molecule has 50 heavy (non-hydrogen) atoms. The number of aromatic nitrogens is 1. The molecule has 12 nitrogen and oxygen atoms in total. The van der Waals surface area contributed by atoms with E-state index in [2.05, 4.69) is 27.6 Å². The van der Waals surface area contributed by atoms with E-state index >= 15 is 0 Å². The van der Waals surface area contributed by atoms with E-state index in [0.717, 1.165) is 35.8 Å². The van der Waals surface area contributed by atoms with Crippen LogP contribution in [0.4, 0.5) is 17.1 Å². The molecule has 0 spiro atoms. The number of carbonyl (C=O) groups is 4. The zero-order chi connectivity index (χ0) is 35.8. The molecule has 13 heteroatoms. The van der Waals surface area contributed by atoms with Gasteiger partial charge in [0.1, 0.15) is 5.69 Å². The second-order valence-corrected chi connectivity index (χ2v) is 13.3. The van der Waals surface area contributed by atoms with Crippen LogP contribution in [0.25, 0.3) is 10.1 Å². The molecule has 3 amide bonds. The van der Waals surface area contributed by atoms with Gasteiger partial charge in [-0.1, -0.05) is 0 Å². The number of methoxy groups -OCH3 is 1. The van der Waals surface area contributed by atoms with Crippen LogP contribution in [-0.2, 0) is 11.8 Å². The molecule has 0 saturated carbocycles. The molecule has 4 aromatic rings. The zero-order valence-corrected chi connectivity index (χ0v) is 30.0. The summed E-state index contributed by atoms with van der Waals surface area (Å²) < 4.78 is 14.0. The van der Waals surface area contributed by atoms with Crippen molar-refractivity contribution in [2.75, 3.05) is 51.0 Å². The molecule has 5 rings (SSSR count). The van der Waals surface area contributed by atoms with E-state index in [9.17, 15) is 19.2 Å². The minimum atomic E-state index is -0.330. The maximum absolute atomic E-state index is 13.2. The first-order valence-electron chi connectivity index (χ1n) is 16.8. The third-order valence-electron chi connectivity index (χ3n) is 8.77. The van der Waals surface area contributed by atoms with Gasteiger partial charge in [0.05, 0.1) is 30.0 Å². The van der Waals surface area contributed by atoms with Gasteiger partial charge < -0.3 is 29.6 Å². The largest absolute Gasteiger partial charge is 0.493 e. The summed E-state index contributed by atoms with van der Waals surface area (Å²) in [6.45, 7) is 6.45. The van der Waals surface area contributed by atoms with Gasteiger partial charge in [-0.2, -0.15) is 0 Å². The number of carbonyl (C=O) groups excluding carboxylic acids is 4. The summed E-state index contributed by atoms with van der Waals surface area (Å²) in [5, 5.41) is 6.66. The molecule has 1 saturated heterocycles. The molecule has 2 aromatic heterocycles. The van der Waals surface area contributed by atoms with Gasteiger partial charge in [-0.05, 0) is 88.5 Å². The van der Waals surface area contributed by atoms with Crippen LogP contribution in [-0.4, -0.2) is 91.0 Å². The molecule has 1 fully saturated rings. The molecule has 0 radical (unpaired) electrons. The third-order valence-corrected chi connectivity index (χ3v) is 9.87. The quantitative estimate of drug-likeness (QED) is 0.0834. The summed E-state index contributed by atoms with van der Waals surface area (Å²) in [5.41, 5.74) is 2.38. The highest BCUT2D eigenvalue weighted by Crippen LogP contribution is 2.35. The first-order chi connectivity index (χ1) is 24.1. The Kier molecular flexibility index (Phi) is 12.0. The summed E-state index contributed by atoms with van der Waals surface area (Å²) in [6.07, 6.45) is 7.03. The van der Waals surface area contributed by atoms with E-state index in [-0.39, 0.29) is 36.8 Å². The maximum Gasteiger partial charge on any atom is 0.272 e. The Morgan fingerprint density at radius 3 is 2.54 bits per heavy atom. The van der Waals surface area contributed by atoms with Crippen molar-refractivity contribution in [3.63, 3.8) is 0 Å². The van der Waals surface area contributed by atoms with Crippen molar-refractivity contribution in [1.29, 1.82) is 0 Å². The summed E-state index contributed by atoms with van der Waals surface area (Å²) in [6, 6.07) is 12.6. The molecular weight excluding hydrogens is 657 g/mol. The molecule has 2 aromatic carbocycles. The Bertz CT molecular complexity index is 1890. The van der Waals surface area contributed by atoms with Gasteiger partial charge >= 0.3 is 0 Å². The van der Waals surface area contributed by atoms with Crippen LogP contribution in [0.3, 0.4) is 0 Å². The average Bonchev–Trinajstić information content (AvgIpc) is 3.83. The van der Waals surface area contributed by atoms with Gasteiger partial charge in [0.2, 0.25) is 5.91 Å². The van der Waals surface area contributed by atoms with Gasteiger partial charge in [-0.25, -0.2) is 0 Å². The number of thiophene rings is 1. The lowest BCUT2D eigenvalue weighted by Gasteiger charge is -2.17. The normalized spacial score (nSPS) is 14.6. The zero-order valence-electron chi connectivity index (χ0n) is 29.2. The van der Waals surface area contributed by atoms with Crippen molar-refractivity contribution in [2.45, 2.75) is 45.6 Å². The number of anilines is 2. The fourth-order valence-corrected chi connectivity index (χ4v) is 6.93. The Hall–Kier alpha value is -5.01. The summed E-state index contributed by atoms with van der Waals surface area (Å²) in [5.74, 6) is 0.299. The number of aldehydes is 1. The lowest BCUT2D eigenvalue weighted by Crippen LogP contribution is -2.29. The van der Waals surface area contributed by atoms with Gasteiger partial charge in [-0.3, -0.25) is 29.1 Å². The molecule has 1 unspecified atom stereocenters. The molecule has 2 N–H and O–H groups in total. The molecule has 1 aliphatic rings. The standard InChI is InChI=1S/C37H44N6O6S/c1-6-43(7-2)37(47)34-18-24-16-26(12-13-33(24)50-34)40-36(46)30-19-27(22-42(30)4)39-35(45)11-9-15-49-32-20-29(25(23-44)17-31(32)48-5)38-21-28-10-8-14-41(28)3/h12-13,16-23,28H,6-11,14-15H2,1-5H3,(H,39,45)(H,40,46). The number of hydrogen-bond acceptors (Lipinski definition) is 9. The predicted molar refractivity (Wildman–Crippen MR) is 198 cm³/mol. The summed E-state index contributed by atoms with van der Waals surface area (Å²) in [4.78, 5) is 59.7. The van der Waals surface area contributed by atoms with Crippen molar-refractivity contribution < 1.29 is 28.7 Å². The SMILES string of the molecule is CCN(CC)C(=O)c1cc2cc(NC(=O)c3cc(NC(=O)CCCOc4cc(N=CC5CCCN5C)c(C=O)cc4OC)cn3C)ccc2s1. The number of likely N-dealkylation sites (tertiary alicyclic amines) is 1. The van der Waals surface area contributed by atoms with Crippen molar-refractivity contribution in [2.24, 2.45) is 12.0 Å². The Balaban J connectivity index is 1.14. The second-order valence-electron chi connectivity index (χ2n) is 12.2. The van der Waals surface area contributed by atoms with Crippen molar-refractivity contribution in [3.8, 4) is 11.5 Å². The fourth-order valence-electron chi connectivity index (χ4n) is 5.92. The Morgan fingerprint density at radius 1 is 1.04 bits per heavy atom. The van der Waals surface area contributed by atoms with Crippen molar-refractivity contribution >= 4 is 68.7 Å². The van der Waals surface area contributed by atoms with E-state index in [0.29, 0.717) is 64.2 Å². The monoisotopic (exact) mass is 700 g/mol. The van der Waals surface area contributed by atoms with Crippen molar-refractivity contribution in [3.05, 3.63) is 64.8 Å². The van der Waals surface area contributed by atoms with Gasteiger partial charge in [0.25, 0.3) is 11.8 Å². The fraction of sp³-hybridized carbons (Fsp3) is 0.378. The van der Waals surface area contributed by atoms with Crippen LogP contribution in [0.15, 0.2) is 53.7 Å². The first-order valence-corrected chi connectivity index (χ1v) is 17.6. The highest BCUT2D eigenvalue weighted by Gasteiger charge is 2.20. The minimum absolute atomic E-state index is 0.000525. The van der Waals surface area contributed by atoms with Crippen LogP contribution < -0.4 is 20.1 Å². The molecular formula is C37H44N6O6S. The minimum Gasteiger partial charge on any atom is -0.493 e. The van der Waals surface area contributed by atoms with Crippen LogP contribution in [0.5, 0.6) is 11.5 Å². The lowest BCUT2D eigenvalue weighted by atomic mass is 10.1. The molecule has 1 aliphatic heterocycles. The highest BCUT2D eigenvalue weighted by molar-refractivity contribution is 7.20. The highest BCUT2D eigenvalue weighted by atomic mass is 32.1. The molecule has 0 bridgehead atoms. The number of fused-ring (bicyclic) bond motifs is 1. The van der Waals surface area contributed by atoms with E-state index < -0.39 is 0 Å². The average molecular weight is 701 g/mol. The van der Waals surface area contributed by atoms with Crippen LogP contribution >= 0.6 is 11.3 Å². The number of aliphatic imine (C=N–C) groups is 1. The number of benzene rings is 2. The van der Waals surface area contributed by atoms with Crippen LogP contribution in [0.2, 0.25) is 0 Å². The third kappa shape index (κ3) is 8.58. The van der Waals surface area contributed by atoms with E-state index in [4.69, 9.17) is 9.47 Å². The topological polar surface area (TPSA) is 135 Å². The summed E-state index contributed by atoms with van der Waals surface area (Å²) in [7, 11) is 5.29. The van der Waals surface area contributed by atoms with Crippen LogP contribution in [0.1, 0.15) is 70.0 Å².